The Balaban J connectivity index is 2.53. The molecule has 0 aliphatic carbocycles. The third-order valence-corrected chi connectivity index (χ3v) is 1.99. The summed E-state index contributed by atoms with van der Waals surface area (Å²) in [6.07, 6.45) is 4.51. The lowest BCUT2D eigenvalue weighted by atomic mass is 10.3. The third-order valence-electron chi connectivity index (χ3n) is 1.99. The lowest BCUT2D eigenvalue weighted by Crippen LogP contribution is -2.32. The van der Waals surface area contributed by atoms with E-state index in [0.29, 0.717) is 6.54 Å². The molecule has 2 amide bonds. The molecule has 4 nitrogen and oxygen atoms in total. The summed E-state index contributed by atoms with van der Waals surface area (Å²) in [5.74, 6) is -0.522. The molecule has 0 fully saturated rings. The van der Waals surface area contributed by atoms with Gasteiger partial charge >= 0.3 is 0 Å². The van der Waals surface area contributed by atoms with Gasteiger partial charge in [0.1, 0.15) is 0 Å². The first-order chi connectivity index (χ1) is 6.70. The Hall–Kier alpha value is -1.58. The van der Waals surface area contributed by atoms with Crippen molar-refractivity contribution in [3.8, 4) is 0 Å². The van der Waals surface area contributed by atoms with Crippen LogP contribution in [0.2, 0.25) is 0 Å². The van der Waals surface area contributed by atoms with Crippen LogP contribution in [0.25, 0.3) is 0 Å². The second-order valence-electron chi connectivity index (χ2n) is 2.94. The summed E-state index contributed by atoms with van der Waals surface area (Å²) in [4.78, 5) is 23.9. The van der Waals surface area contributed by atoms with E-state index >= 15 is 0 Å². The van der Waals surface area contributed by atoms with Crippen LogP contribution < -0.4 is 0 Å². The molecule has 1 rings (SSSR count). The zero-order valence-electron chi connectivity index (χ0n) is 8.16. The van der Waals surface area contributed by atoms with Gasteiger partial charge in [-0.15, -0.1) is 6.58 Å². The maximum absolute atomic E-state index is 11.4. The minimum Gasteiger partial charge on any atom is -0.491 e. The van der Waals surface area contributed by atoms with E-state index in [2.05, 4.69) is 6.58 Å². The van der Waals surface area contributed by atoms with Crippen molar-refractivity contribution < 1.29 is 14.3 Å². The first kappa shape index (κ1) is 10.5. The van der Waals surface area contributed by atoms with Crippen LogP contribution in [0.1, 0.15) is 12.8 Å². The van der Waals surface area contributed by atoms with Gasteiger partial charge in [0.15, 0.2) is 5.76 Å². The van der Waals surface area contributed by atoms with Crippen LogP contribution in [0, 0.1) is 0 Å². The molecule has 76 valence electrons. The van der Waals surface area contributed by atoms with Gasteiger partial charge in [-0.2, -0.15) is 0 Å². The molecule has 0 unspecified atom stereocenters. The molecular formula is C10H13NO3. The van der Waals surface area contributed by atoms with Crippen molar-refractivity contribution in [2.24, 2.45) is 0 Å². The number of carbonyl (C=O) groups excluding carboxylic acids is 2. The van der Waals surface area contributed by atoms with E-state index in [1.165, 1.54) is 18.1 Å². The molecule has 0 bridgehead atoms. The first-order valence-electron chi connectivity index (χ1n) is 4.43. The highest BCUT2D eigenvalue weighted by molar-refractivity contribution is 6.15. The Morgan fingerprint density at radius 2 is 2.29 bits per heavy atom. The van der Waals surface area contributed by atoms with Gasteiger partial charge in [0.25, 0.3) is 11.8 Å². The predicted molar refractivity (Wildman–Crippen MR) is 51.2 cm³/mol. The molecule has 14 heavy (non-hydrogen) atoms. The van der Waals surface area contributed by atoms with Gasteiger partial charge in [0.2, 0.25) is 0 Å². The first-order valence-corrected chi connectivity index (χ1v) is 4.43. The highest BCUT2D eigenvalue weighted by Gasteiger charge is 2.31. The van der Waals surface area contributed by atoms with Crippen LogP contribution in [0.3, 0.4) is 0 Å². The van der Waals surface area contributed by atoms with Gasteiger partial charge in [0.05, 0.1) is 13.2 Å². The molecule has 4 heteroatoms. The summed E-state index contributed by atoms with van der Waals surface area (Å²) in [7, 11) is 1.38. The summed E-state index contributed by atoms with van der Waals surface area (Å²) >= 11 is 0. The lowest BCUT2D eigenvalue weighted by Gasteiger charge is -2.12. The van der Waals surface area contributed by atoms with Crippen LogP contribution in [-0.4, -0.2) is 30.4 Å². The fourth-order valence-electron chi connectivity index (χ4n) is 1.24. The molecule has 1 heterocycles. The fourth-order valence-corrected chi connectivity index (χ4v) is 1.24. The number of imide groups is 1. The lowest BCUT2D eigenvalue weighted by molar-refractivity contribution is -0.138. The number of ether oxygens (including phenoxy) is 1. The number of amides is 2. The van der Waals surface area contributed by atoms with Crippen molar-refractivity contribution in [3.05, 3.63) is 24.5 Å². The van der Waals surface area contributed by atoms with E-state index in [0.717, 1.165) is 12.8 Å². The van der Waals surface area contributed by atoms with Gasteiger partial charge in [0, 0.05) is 6.54 Å². The molecule has 1 aliphatic rings. The molecule has 0 saturated heterocycles. The molecule has 0 atom stereocenters. The minimum atomic E-state index is -0.346. The highest BCUT2D eigenvalue weighted by atomic mass is 16.5. The van der Waals surface area contributed by atoms with Crippen LogP contribution in [0.5, 0.6) is 0 Å². The molecule has 0 N–H and O–H groups in total. The molecule has 0 spiro atoms. The van der Waals surface area contributed by atoms with Crippen molar-refractivity contribution in [2.75, 3.05) is 13.7 Å². The maximum atomic E-state index is 11.4. The van der Waals surface area contributed by atoms with Crippen molar-refractivity contribution in [3.63, 3.8) is 0 Å². The van der Waals surface area contributed by atoms with E-state index in [1.807, 2.05) is 0 Å². The average molecular weight is 195 g/mol. The Labute approximate surface area is 82.8 Å². The van der Waals surface area contributed by atoms with Crippen LogP contribution in [0.4, 0.5) is 0 Å². The number of nitrogens with zero attached hydrogens (tertiary/aromatic N) is 1. The number of allylic oxidation sites excluding steroid dienone is 1. The highest BCUT2D eigenvalue weighted by Crippen LogP contribution is 2.13. The van der Waals surface area contributed by atoms with Crippen LogP contribution in [-0.2, 0) is 14.3 Å². The fraction of sp³-hybridized carbons (Fsp3) is 0.400. The number of methoxy groups -OCH3 is 1. The van der Waals surface area contributed by atoms with E-state index < -0.39 is 0 Å². The number of unbranched alkanes of at least 4 members (excludes halogenated alkanes) is 1. The van der Waals surface area contributed by atoms with Crippen LogP contribution >= 0.6 is 0 Å². The van der Waals surface area contributed by atoms with Crippen molar-refractivity contribution in [1.82, 2.24) is 4.90 Å². The van der Waals surface area contributed by atoms with Gasteiger partial charge in [-0.3, -0.25) is 14.5 Å². The summed E-state index contributed by atoms with van der Waals surface area (Å²) in [5, 5.41) is 0. The Morgan fingerprint density at radius 1 is 1.57 bits per heavy atom. The molecular weight excluding hydrogens is 182 g/mol. The standard InChI is InChI=1S/C10H13NO3/c1-3-4-5-6-11-9(12)7-8(14-2)10(11)13/h3,7H,1,4-6H2,2H3. The smallest absolute Gasteiger partial charge is 0.295 e. The normalized spacial score (nSPS) is 15.8. The Kier molecular flexibility index (Phi) is 3.45. The minimum absolute atomic E-state index is 0.119. The van der Waals surface area contributed by atoms with Gasteiger partial charge in [-0.25, -0.2) is 0 Å². The van der Waals surface area contributed by atoms with Gasteiger partial charge in [-0.1, -0.05) is 6.08 Å². The zero-order valence-corrected chi connectivity index (χ0v) is 8.16. The SMILES string of the molecule is C=CCCCN1C(=O)C=C(OC)C1=O. The van der Waals surface area contributed by atoms with E-state index in [4.69, 9.17) is 4.74 Å². The van der Waals surface area contributed by atoms with E-state index in [-0.39, 0.29) is 17.6 Å². The topological polar surface area (TPSA) is 46.6 Å². The second kappa shape index (κ2) is 4.60. The van der Waals surface area contributed by atoms with Crippen molar-refractivity contribution in [1.29, 1.82) is 0 Å². The van der Waals surface area contributed by atoms with Crippen molar-refractivity contribution >= 4 is 11.8 Å². The predicted octanol–water partition coefficient (Wildman–Crippen LogP) is 0.852. The quantitative estimate of drug-likeness (QED) is 0.371. The monoisotopic (exact) mass is 195 g/mol. The second-order valence-corrected chi connectivity index (χ2v) is 2.94. The van der Waals surface area contributed by atoms with Crippen molar-refractivity contribution in [2.45, 2.75) is 12.8 Å². The van der Waals surface area contributed by atoms with E-state index in [1.54, 1.807) is 6.08 Å². The number of rotatable bonds is 5. The number of hydrogen-bond donors (Lipinski definition) is 0. The molecule has 0 radical (unpaired) electrons. The molecule has 0 aromatic carbocycles. The molecule has 0 aromatic rings. The Bertz CT molecular complexity index is 294. The summed E-state index contributed by atoms with van der Waals surface area (Å²) < 4.78 is 4.76. The number of hydrogen-bond acceptors (Lipinski definition) is 3. The zero-order chi connectivity index (χ0) is 10.6. The van der Waals surface area contributed by atoms with Crippen LogP contribution in [0.15, 0.2) is 24.5 Å². The third kappa shape index (κ3) is 2.02. The molecule has 0 saturated carbocycles. The number of carbonyl (C=O) groups is 2. The van der Waals surface area contributed by atoms with E-state index in [9.17, 15) is 9.59 Å². The van der Waals surface area contributed by atoms with Gasteiger partial charge < -0.3 is 4.74 Å². The largest absolute Gasteiger partial charge is 0.491 e. The molecule has 1 aliphatic heterocycles. The summed E-state index contributed by atoms with van der Waals surface area (Å²) in [5.41, 5.74) is 0. The summed E-state index contributed by atoms with van der Waals surface area (Å²) in [6, 6.07) is 0. The Morgan fingerprint density at radius 3 is 2.79 bits per heavy atom. The maximum Gasteiger partial charge on any atom is 0.295 e. The average Bonchev–Trinajstić information content (AvgIpc) is 2.45. The summed E-state index contributed by atoms with van der Waals surface area (Å²) in [6.45, 7) is 3.99. The van der Waals surface area contributed by atoms with Gasteiger partial charge in [-0.05, 0) is 12.8 Å². The molecule has 0 aromatic heterocycles.